The SMILES string of the molecule is C/C=C/C=C/N. The molecule has 0 saturated heterocycles. The Kier molecular flexibility index (Phi) is 3.77. The predicted octanol–water partition coefficient (Wildman–Crippen LogP) is 1.03. The van der Waals surface area contributed by atoms with Crippen LogP contribution in [-0.2, 0) is 0 Å². The van der Waals surface area contributed by atoms with E-state index in [2.05, 4.69) is 0 Å². The standard InChI is InChI=1S/C5H9N/c1-2-3-4-5-6/h2-5H,6H2,1H3/b3-2+,5-4+. The van der Waals surface area contributed by atoms with Gasteiger partial charge < -0.3 is 5.73 Å². The van der Waals surface area contributed by atoms with Crippen molar-refractivity contribution in [2.75, 3.05) is 0 Å². The Morgan fingerprint density at radius 3 is 2.17 bits per heavy atom. The fourth-order valence-electron chi connectivity index (χ4n) is 0.175. The van der Waals surface area contributed by atoms with Crippen molar-refractivity contribution in [1.29, 1.82) is 0 Å². The highest BCUT2D eigenvalue weighted by atomic mass is 14.5. The van der Waals surface area contributed by atoms with Crippen molar-refractivity contribution in [3.8, 4) is 0 Å². The molecule has 1 nitrogen and oxygen atoms in total. The summed E-state index contributed by atoms with van der Waals surface area (Å²) in [5.41, 5.74) is 4.98. The van der Waals surface area contributed by atoms with Crippen LogP contribution in [0.2, 0.25) is 0 Å². The van der Waals surface area contributed by atoms with Gasteiger partial charge in [-0.3, -0.25) is 0 Å². The van der Waals surface area contributed by atoms with Crippen LogP contribution >= 0.6 is 0 Å². The third-order valence-corrected chi connectivity index (χ3v) is 0.415. The van der Waals surface area contributed by atoms with Gasteiger partial charge >= 0.3 is 0 Å². The van der Waals surface area contributed by atoms with Crippen molar-refractivity contribution in [3.05, 3.63) is 24.4 Å². The van der Waals surface area contributed by atoms with E-state index in [9.17, 15) is 0 Å². The average Bonchev–Trinajstić information content (AvgIpc) is 1.61. The third kappa shape index (κ3) is 3.28. The van der Waals surface area contributed by atoms with Crippen LogP contribution in [0.15, 0.2) is 24.4 Å². The molecule has 2 N–H and O–H groups in total. The second kappa shape index (κ2) is 4.28. The van der Waals surface area contributed by atoms with Gasteiger partial charge in [-0.05, 0) is 19.2 Å². The van der Waals surface area contributed by atoms with Gasteiger partial charge in [-0.1, -0.05) is 12.2 Å². The second-order valence-corrected chi connectivity index (χ2v) is 0.911. The van der Waals surface area contributed by atoms with Gasteiger partial charge in [-0.25, -0.2) is 0 Å². The number of rotatable bonds is 1. The number of nitrogens with two attached hydrogens (primary N) is 1. The molecule has 0 radical (unpaired) electrons. The molecule has 0 aliphatic rings. The monoisotopic (exact) mass is 83.1 g/mol. The summed E-state index contributed by atoms with van der Waals surface area (Å²) in [6.45, 7) is 1.94. The Bertz CT molecular complexity index is 52.3. The fraction of sp³-hybridized carbons (Fsp3) is 0.200. The van der Waals surface area contributed by atoms with E-state index in [0.717, 1.165) is 0 Å². The summed E-state index contributed by atoms with van der Waals surface area (Å²) in [5, 5.41) is 0. The maximum atomic E-state index is 4.98. The second-order valence-electron chi connectivity index (χ2n) is 0.911. The molecule has 0 aliphatic heterocycles. The van der Waals surface area contributed by atoms with Crippen LogP contribution in [0.25, 0.3) is 0 Å². The maximum absolute atomic E-state index is 4.98. The minimum atomic E-state index is 1.50. The van der Waals surface area contributed by atoms with E-state index in [0.29, 0.717) is 0 Å². The quantitative estimate of drug-likeness (QED) is 0.471. The molecule has 0 aromatic heterocycles. The van der Waals surface area contributed by atoms with Crippen molar-refractivity contribution < 1.29 is 0 Å². The lowest BCUT2D eigenvalue weighted by Crippen LogP contribution is -1.71. The lowest BCUT2D eigenvalue weighted by atomic mass is 10.5. The number of hydrogen-bond acceptors (Lipinski definition) is 1. The van der Waals surface area contributed by atoms with Crippen molar-refractivity contribution >= 4 is 0 Å². The predicted molar refractivity (Wildman–Crippen MR) is 28.1 cm³/mol. The molecular formula is C5H9N. The summed E-state index contributed by atoms with van der Waals surface area (Å²) in [5.74, 6) is 0. The maximum Gasteiger partial charge on any atom is -0.00625 e. The highest BCUT2D eigenvalue weighted by Crippen LogP contribution is 1.67. The lowest BCUT2D eigenvalue weighted by Gasteiger charge is -1.63. The number of allylic oxidation sites excluding steroid dienone is 3. The average molecular weight is 83.1 g/mol. The van der Waals surface area contributed by atoms with E-state index in [-0.39, 0.29) is 0 Å². The minimum Gasteiger partial charge on any atom is -0.405 e. The first-order valence-electron chi connectivity index (χ1n) is 1.91. The minimum absolute atomic E-state index is 1.50. The highest BCUT2D eigenvalue weighted by molar-refractivity contribution is 4.98. The summed E-state index contributed by atoms with van der Waals surface area (Å²) in [4.78, 5) is 0. The summed E-state index contributed by atoms with van der Waals surface area (Å²) in [6, 6.07) is 0. The largest absolute Gasteiger partial charge is 0.405 e. The third-order valence-electron chi connectivity index (χ3n) is 0.415. The van der Waals surface area contributed by atoms with E-state index < -0.39 is 0 Å². The van der Waals surface area contributed by atoms with E-state index in [4.69, 9.17) is 5.73 Å². The molecule has 0 unspecified atom stereocenters. The highest BCUT2D eigenvalue weighted by Gasteiger charge is 1.48. The Balaban J connectivity index is 3.07. The normalized spacial score (nSPS) is 11.5. The van der Waals surface area contributed by atoms with E-state index in [1.54, 1.807) is 6.08 Å². The van der Waals surface area contributed by atoms with Crippen LogP contribution in [0.5, 0.6) is 0 Å². The van der Waals surface area contributed by atoms with Crippen molar-refractivity contribution in [3.63, 3.8) is 0 Å². The van der Waals surface area contributed by atoms with Gasteiger partial charge in [0.2, 0.25) is 0 Å². The zero-order chi connectivity index (χ0) is 4.83. The van der Waals surface area contributed by atoms with Gasteiger partial charge in [-0.2, -0.15) is 0 Å². The molecule has 1 heteroatoms. The zero-order valence-electron chi connectivity index (χ0n) is 3.89. The van der Waals surface area contributed by atoms with Crippen LogP contribution < -0.4 is 5.73 Å². The van der Waals surface area contributed by atoms with E-state index in [1.807, 2.05) is 19.1 Å². The van der Waals surface area contributed by atoms with Crippen LogP contribution in [0.4, 0.5) is 0 Å². The smallest absolute Gasteiger partial charge is 0.00625 e. The van der Waals surface area contributed by atoms with E-state index in [1.165, 1.54) is 6.20 Å². The molecule has 0 aliphatic carbocycles. The Labute approximate surface area is 38.2 Å². The summed E-state index contributed by atoms with van der Waals surface area (Å²) < 4.78 is 0. The molecule has 34 valence electrons. The van der Waals surface area contributed by atoms with Crippen LogP contribution in [0.1, 0.15) is 6.92 Å². The molecule has 0 rings (SSSR count). The fourth-order valence-corrected chi connectivity index (χ4v) is 0.175. The van der Waals surface area contributed by atoms with Crippen molar-refractivity contribution in [2.45, 2.75) is 6.92 Å². The summed E-state index contributed by atoms with van der Waals surface area (Å²) >= 11 is 0. The first-order chi connectivity index (χ1) is 2.91. The molecule has 0 spiro atoms. The molecule has 6 heavy (non-hydrogen) atoms. The summed E-state index contributed by atoms with van der Waals surface area (Å²) in [6.07, 6.45) is 7.07. The zero-order valence-corrected chi connectivity index (χ0v) is 3.89. The molecule has 0 heterocycles. The molecular weight excluding hydrogens is 74.1 g/mol. The van der Waals surface area contributed by atoms with Crippen molar-refractivity contribution in [2.24, 2.45) is 5.73 Å². The topological polar surface area (TPSA) is 26.0 Å². The molecule has 0 bridgehead atoms. The van der Waals surface area contributed by atoms with Gasteiger partial charge in [0, 0.05) is 0 Å². The van der Waals surface area contributed by atoms with Gasteiger partial charge in [0.1, 0.15) is 0 Å². The van der Waals surface area contributed by atoms with Crippen LogP contribution in [-0.4, -0.2) is 0 Å². The number of hydrogen-bond donors (Lipinski definition) is 1. The first kappa shape index (κ1) is 5.28. The first-order valence-corrected chi connectivity index (χ1v) is 1.91. The molecule has 0 aromatic rings. The Hall–Kier alpha value is -0.720. The van der Waals surface area contributed by atoms with E-state index >= 15 is 0 Å². The summed E-state index contributed by atoms with van der Waals surface area (Å²) in [7, 11) is 0. The Morgan fingerprint density at radius 1 is 1.33 bits per heavy atom. The van der Waals surface area contributed by atoms with Crippen LogP contribution in [0.3, 0.4) is 0 Å². The molecule has 0 amide bonds. The van der Waals surface area contributed by atoms with Crippen LogP contribution in [0, 0.1) is 0 Å². The molecule has 0 fully saturated rings. The van der Waals surface area contributed by atoms with Gasteiger partial charge in [0.15, 0.2) is 0 Å². The van der Waals surface area contributed by atoms with Crippen molar-refractivity contribution in [1.82, 2.24) is 0 Å². The Morgan fingerprint density at radius 2 is 2.00 bits per heavy atom. The van der Waals surface area contributed by atoms with Gasteiger partial charge in [-0.15, -0.1) is 0 Å². The molecule has 0 aromatic carbocycles. The van der Waals surface area contributed by atoms with Gasteiger partial charge in [0.25, 0.3) is 0 Å². The molecule has 0 atom stereocenters. The van der Waals surface area contributed by atoms with Gasteiger partial charge in [0.05, 0.1) is 0 Å². The molecule has 0 saturated carbocycles. The lowest BCUT2D eigenvalue weighted by molar-refractivity contribution is 1.59.